The number of hydrogen-bond donors (Lipinski definition) is 1. The van der Waals surface area contributed by atoms with Crippen molar-refractivity contribution in [3.63, 3.8) is 0 Å². The van der Waals surface area contributed by atoms with E-state index in [-0.39, 0.29) is 12.1 Å². The lowest BCUT2D eigenvalue weighted by Crippen LogP contribution is -2.49. The summed E-state index contributed by atoms with van der Waals surface area (Å²) >= 11 is 0. The second-order valence-electron chi connectivity index (χ2n) is 5.24. The van der Waals surface area contributed by atoms with Gasteiger partial charge in [0, 0.05) is 24.8 Å². The summed E-state index contributed by atoms with van der Waals surface area (Å²) in [6, 6.07) is 14.0. The summed E-state index contributed by atoms with van der Waals surface area (Å²) in [4.78, 5) is 18.3. The minimum absolute atomic E-state index is 0.0500. The zero-order valence-corrected chi connectivity index (χ0v) is 12.5. The lowest BCUT2D eigenvalue weighted by molar-refractivity contribution is 0.115. The Labute approximate surface area is 129 Å². The van der Waals surface area contributed by atoms with Gasteiger partial charge in [-0.05, 0) is 18.1 Å². The van der Waals surface area contributed by atoms with Crippen molar-refractivity contribution in [3.05, 3.63) is 59.8 Å². The van der Waals surface area contributed by atoms with Gasteiger partial charge in [0.2, 0.25) is 5.88 Å². The molecule has 0 bridgehead atoms. The molecule has 1 fully saturated rings. The summed E-state index contributed by atoms with van der Waals surface area (Å²) in [6.07, 6.45) is 2.68. The van der Waals surface area contributed by atoms with E-state index in [1.54, 1.807) is 13.3 Å². The van der Waals surface area contributed by atoms with E-state index in [9.17, 15) is 4.79 Å². The number of ether oxygens (including phenoxy) is 1. The zero-order chi connectivity index (χ0) is 15.4. The first-order valence-electron chi connectivity index (χ1n) is 7.37. The second-order valence-corrected chi connectivity index (χ2v) is 5.24. The van der Waals surface area contributed by atoms with Crippen LogP contribution in [0.15, 0.2) is 48.7 Å². The fourth-order valence-electron chi connectivity index (χ4n) is 2.67. The third-order valence-electron chi connectivity index (χ3n) is 3.94. The number of rotatable bonds is 4. The van der Waals surface area contributed by atoms with Crippen LogP contribution in [0.1, 0.15) is 23.6 Å². The maximum atomic E-state index is 12.3. The molecule has 0 aliphatic carbocycles. The molecule has 2 aromatic rings. The lowest BCUT2D eigenvalue weighted by atomic mass is 9.95. The van der Waals surface area contributed by atoms with Gasteiger partial charge in [-0.3, -0.25) is 0 Å². The first-order chi connectivity index (χ1) is 10.8. The molecule has 22 heavy (non-hydrogen) atoms. The molecule has 2 amide bonds. The summed E-state index contributed by atoms with van der Waals surface area (Å²) in [5.74, 6) is 0.547. The molecule has 2 heterocycles. The molecule has 0 spiro atoms. The third-order valence-corrected chi connectivity index (χ3v) is 3.94. The average Bonchev–Trinajstić information content (AvgIpc) is 2.53. The topological polar surface area (TPSA) is 54.5 Å². The van der Waals surface area contributed by atoms with Crippen LogP contribution in [-0.2, 0) is 6.54 Å². The summed E-state index contributed by atoms with van der Waals surface area (Å²) in [6.45, 7) is 1.20. The molecule has 5 heteroatoms. The second kappa shape index (κ2) is 6.47. The quantitative estimate of drug-likeness (QED) is 0.944. The van der Waals surface area contributed by atoms with Gasteiger partial charge in [0.15, 0.2) is 0 Å². The first-order valence-corrected chi connectivity index (χ1v) is 7.37. The number of amides is 2. The monoisotopic (exact) mass is 297 g/mol. The number of nitrogens with zero attached hydrogens (tertiary/aromatic N) is 2. The Morgan fingerprint density at radius 1 is 1.32 bits per heavy atom. The Hall–Kier alpha value is -2.56. The van der Waals surface area contributed by atoms with Gasteiger partial charge in [-0.15, -0.1) is 0 Å². The van der Waals surface area contributed by atoms with E-state index in [1.807, 2.05) is 35.2 Å². The van der Waals surface area contributed by atoms with Crippen LogP contribution >= 0.6 is 0 Å². The van der Waals surface area contributed by atoms with E-state index in [2.05, 4.69) is 22.4 Å². The number of nitrogens with one attached hydrogen (secondary N) is 1. The van der Waals surface area contributed by atoms with E-state index >= 15 is 0 Å². The minimum atomic E-state index is -0.0500. The highest BCUT2D eigenvalue weighted by molar-refractivity contribution is 5.75. The Morgan fingerprint density at radius 3 is 2.82 bits per heavy atom. The van der Waals surface area contributed by atoms with Gasteiger partial charge in [-0.25, -0.2) is 9.78 Å². The zero-order valence-electron chi connectivity index (χ0n) is 12.5. The van der Waals surface area contributed by atoms with E-state index in [0.717, 1.165) is 18.5 Å². The highest BCUT2D eigenvalue weighted by Gasteiger charge is 2.33. The number of methoxy groups -OCH3 is 1. The molecular formula is C17H19N3O2. The predicted molar refractivity (Wildman–Crippen MR) is 83.5 cm³/mol. The van der Waals surface area contributed by atoms with Gasteiger partial charge in [-0.1, -0.05) is 36.4 Å². The summed E-state index contributed by atoms with van der Waals surface area (Å²) in [5.41, 5.74) is 2.05. The average molecular weight is 297 g/mol. The van der Waals surface area contributed by atoms with Crippen LogP contribution in [0.2, 0.25) is 0 Å². The number of likely N-dealkylation sites (tertiary alicyclic amines) is 1. The number of hydrogen-bond acceptors (Lipinski definition) is 3. The predicted octanol–water partition coefficient (Wildman–Crippen LogP) is 2.75. The number of aromatic nitrogens is 1. The Kier molecular flexibility index (Phi) is 4.23. The lowest BCUT2D eigenvalue weighted by Gasteiger charge is -2.41. The highest BCUT2D eigenvalue weighted by Crippen LogP contribution is 2.32. The molecule has 5 nitrogen and oxygen atoms in total. The van der Waals surface area contributed by atoms with Crippen LogP contribution in [0.4, 0.5) is 4.79 Å². The van der Waals surface area contributed by atoms with Crippen LogP contribution < -0.4 is 10.1 Å². The SMILES string of the molecule is COc1ncccc1CNC(=O)N1CCC1c1ccccc1. The van der Waals surface area contributed by atoms with Crippen molar-refractivity contribution in [2.24, 2.45) is 0 Å². The molecule has 1 N–H and O–H groups in total. The van der Waals surface area contributed by atoms with Crippen molar-refractivity contribution in [1.82, 2.24) is 15.2 Å². The summed E-state index contributed by atoms with van der Waals surface area (Å²) in [7, 11) is 1.58. The van der Waals surface area contributed by atoms with Crippen molar-refractivity contribution in [2.75, 3.05) is 13.7 Å². The molecule has 114 valence electrons. The van der Waals surface area contributed by atoms with Crippen molar-refractivity contribution in [2.45, 2.75) is 19.0 Å². The fraction of sp³-hybridized carbons (Fsp3) is 0.294. The number of benzene rings is 1. The van der Waals surface area contributed by atoms with Crippen LogP contribution in [0, 0.1) is 0 Å². The molecule has 1 saturated heterocycles. The number of carbonyl (C=O) groups is 1. The van der Waals surface area contributed by atoms with Gasteiger partial charge in [0.25, 0.3) is 0 Å². The Morgan fingerprint density at radius 2 is 2.14 bits per heavy atom. The van der Waals surface area contributed by atoms with Crippen LogP contribution in [0.3, 0.4) is 0 Å². The molecule has 0 saturated carbocycles. The molecular weight excluding hydrogens is 278 g/mol. The third kappa shape index (κ3) is 2.88. The van der Waals surface area contributed by atoms with Gasteiger partial charge >= 0.3 is 6.03 Å². The molecule has 1 aromatic carbocycles. The van der Waals surface area contributed by atoms with E-state index in [1.165, 1.54) is 5.56 Å². The van der Waals surface area contributed by atoms with Crippen LogP contribution in [0.25, 0.3) is 0 Å². The van der Waals surface area contributed by atoms with Gasteiger partial charge < -0.3 is 15.0 Å². The standard InChI is InChI=1S/C17H19N3O2/c1-22-16-14(8-5-10-18-16)12-19-17(21)20-11-9-15(20)13-6-3-2-4-7-13/h2-8,10,15H,9,11-12H2,1H3,(H,19,21). The van der Waals surface area contributed by atoms with Crippen molar-refractivity contribution in [3.8, 4) is 5.88 Å². The smallest absolute Gasteiger partial charge is 0.318 e. The fourth-order valence-corrected chi connectivity index (χ4v) is 2.67. The molecule has 3 rings (SSSR count). The van der Waals surface area contributed by atoms with Crippen molar-refractivity contribution in [1.29, 1.82) is 0 Å². The largest absolute Gasteiger partial charge is 0.481 e. The minimum Gasteiger partial charge on any atom is -0.481 e. The summed E-state index contributed by atoms with van der Waals surface area (Å²) < 4.78 is 5.19. The number of carbonyl (C=O) groups excluding carboxylic acids is 1. The van der Waals surface area contributed by atoms with Crippen molar-refractivity contribution < 1.29 is 9.53 Å². The van der Waals surface area contributed by atoms with E-state index in [0.29, 0.717) is 12.4 Å². The first kappa shape index (κ1) is 14.4. The van der Waals surface area contributed by atoms with Gasteiger partial charge in [0.05, 0.1) is 13.2 Å². The van der Waals surface area contributed by atoms with E-state index < -0.39 is 0 Å². The normalized spacial score (nSPS) is 16.8. The van der Waals surface area contributed by atoms with Crippen LogP contribution in [0.5, 0.6) is 5.88 Å². The Bertz CT molecular complexity index is 645. The van der Waals surface area contributed by atoms with Crippen LogP contribution in [-0.4, -0.2) is 29.6 Å². The molecule has 1 atom stereocenters. The van der Waals surface area contributed by atoms with E-state index in [4.69, 9.17) is 4.74 Å². The molecule has 1 unspecified atom stereocenters. The van der Waals surface area contributed by atoms with Gasteiger partial charge in [-0.2, -0.15) is 0 Å². The molecule has 1 aromatic heterocycles. The molecule has 0 radical (unpaired) electrons. The molecule has 1 aliphatic rings. The maximum Gasteiger partial charge on any atom is 0.318 e. The number of urea groups is 1. The van der Waals surface area contributed by atoms with Gasteiger partial charge in [0.1, 0.15) is 0 Å². The highest BCUT2D eigenvalue weighted by atomic mass is 16.5. The Balaban J connectivity index is 1.61. The summed E-state index contributed by atoms with van der Waals surface area (Å²) in [5, 5.41) is 2.94. The molecule has 1 aliphatic heterocycles. The number of pyridine rings is 1. The maximum absolute atomic E-state index is 12.3. The van der Waals surface area contributed by atoms with Crippen molar-refractivity contribution >= 4 is 6.03 Å².